The molecule has 0 radical (unpaired) electrons. The van der Waals surface area contributed by atoms with Gasteiger partial charge in [0.05, 0.1) is 5.69 Å². The number of hydrogen-bond acceptors (Lipinski definition) is 4. The van der Waals surface area contributed by atoms with Crippen molar-refractivity contribution in [3.63, 3.8) is 0 Å². The van der Waals surface area contributed by atoms with Crippen molar-refractivity contribution in [2.45, 2.75) is 6.92 Å². The SMILES string of the molecule is Cc1nc(-c2c[nH]c3sccc23)sc1N. The van der Waals surface area contributed by atoms with Crippen LogP contribution in [0.2, 0.25) is 0 Å². The van der Waals surface area contributed by atoms with Gasteiger partial charge >= 0.3 is 0 Å². The molecule has 15 heavy (non-hydrogen) atoms. The van der Waals surface area contributed by atoms with Gasteiger partial charge in [0.25, 0.3) is 0 Å². The van der Waals surface area contributed by atoms with E-state index in [1.165, 1.54) is 10.2 Å². The fourth-order valence-electron chi connectivity index (χ4n) is 1.55. The lowest BCUT2D eigenvalue weighted by Gasteiger charge is -1.88. The minimum absolute atomic E-state index is 0.801. The van der Waals surface area contributed by atoms with E-state index < -0.39 is 0 Å². The van der Waals surface area contributed by atoms with Gasteiger partial charge in [-0.3, -0.25) is 0 Å². The van der Waals surface area contributed by atoms with E-state index in [0.29, 0.717) is 0 Å². The minimum atomic E-state index is 0.801. The van der Waals surface area contributed by atoms with E-state index in [2.05, 4.69) is 21.4 Å². The van der Waals surface area contributed by atoms with E-state index >= 15 is 0 Å². The summed E-state index contributed by atoms with van der Waals surface area (Å²) in [6.07, 6.45) is 2.00. The molecule has 3 heterocycles. The number of hydrogen-bond donors (Lipinski definition) is 2. The third kappa shape index (κ3) is 1.27. The quantitative estimate of drug-likeness (QED) is 0.680. The predicted molar refractivity (Wildman–Crippen MR) is 66.4 cm³/mol. The van der Waals surface area contributed by atoms with Gasteiger partial charge in [0.1, 0.15) is 14.8 Å². The van der Waals surface area contributed by atoms with Crippen LogP contribution in [0.5, 0.6) is 0 Å². The van der Waals surface area contributed by atoms with E-state index in [-0.39, 0.29) is 0 Å². The molecule has 3 N–H and O–H groups in total. The smallest absolute Gasteiger partial charge is 0.127 e. The van der Waals surface area contributed by atoms with Crippen LogP contribution in [0.25, 0.3) is 20.8 Å². The molecule has 3 aromatic heterocycles. The highest BCUT2D eigenvalue weighted by Gasteiger charge is 2.11. The van der Waals surface area contributed by atoms with Crippen LogP contribution in [-0.4, -0.2) is 9.97 Å². The van der Waals surface area contributed by atoms with Gasteiger partial charge in [0.2, 0.25) is 0 Å². The van der Waals surface area contributed by atoms with Crippen LogP contribution in [0.3, 0.4) is 0 Å². The van der Waals surface area contributed by atoms with Crippen LogP contribution in [-0.2, 0) is 0 Å². The number of H-pyrrole nitrogens is 1. The second-order valence-corrected chi connectivity index (χ2v) is 5.28. The van der Waals surface area contributed by atoms with E-state index in [1.807, 2.05) is 13.1 Å². The first kappa shape index (κ1) is 8.94. The number of rotatable bonds is 1. The number of thiophene rings is 1. The van der Waals surface area contributed by atoms with Crippen molar-refractivity contribution in [3.8, 4) is 10.6 Å². The van der Waals surface area contributed by atoms with Gasteiger partial charge in [0.15, 0.2) is 0 Å². The Morgan fingerprint density at radius 1 is 1.47 bits per heavy atom. The molecule has 3 aromatic rings. The number of anilines is 1. The second kappa shape index (κ2) is 3.08. The molecule has 3 nitrogen and oxygen atoms in total. The van der Waals surface area contributed by atoms with E-state index in [1.54, 1.807) is 22.7 Å². The molecule has 0 amide bonds. The lowest BCUT2D eigenvalue weighted by Crippen LogP contribution is -1.81. The van der Waals surface area contributed by atoms with Gasteiger partial charge < -0.3 is 10.7 Å². The van der Waals surface area contributed by atoms with Crippen LogP contribution < -0.4 is 5.73 Å². The lowest BCUT2D eigenvalue weighted by atomic mass is 10.2. The first-order chi connectivity index (χ1) is 7.25. The first-order valence-corrected chi connectivity index (χ1v) is 6.23. The second-order valence-electron chi connectivity index (χ2n) is 3.33. The Labute approximate surface area is 94.6 Å². The zero-order valence-electron chi connectivity index (χ0n) is 8.07. The summed E-state index contributed by atoms with van der Waals surface area (Å²) in [5.74, 6) is 0. The summed E-state index contributed by atoms with van der Waals surface area (Å²) in [5.41, 5.74) is 7.88. The van der Waals surface area contributed by atoms with Gasteiger partial charge in [-0.2, -0.15) is 0 Å². The third-order valence-corrected chi connectivity index (χ3v) is 4.23. The Morgan fingerprint density at radius 3 is 3.07 bits per heavy atom. The topological polar surface area (TPSA) is 54.7 Å². The number of nitrogens with one attached hydrogen (secondary N) is 1. The first-order valence-electron chi connectivity index (χ1n) is 4.53. The number of aromatic amines is 1. The monoisotopic (exact) mass is 235 g/mol. The van der Waals surface area contributed by atoms with Gasteiger partial charge in [-0.1, -0.05) is 11.3 Å². The third-order valence-electron chi connectivity index (χ3n) is 2.37. The van der Waals surface area contributed by atoms with Crippen molar-refractivity contribution < 1.29 is 0 Å². The highest BCUT2D eigenvalue weighted by molar-refractivity contribution is 7.19. The number of nitrogen functional groups attached to an aromatic ring is 1. The molecule has 0 aliphatic heterocycles. The Kier molecular flexibility index (Phi) is 1.83. The van der Waals surface area contributed by atoms with Crippen molar-refractivity contribution in [1.29, 1.82) is 0 Å². The number of aromatic nitrogens is 2. The number of aryl methyl sites for hydroxylation is 1. The van der Waals surface area contributed by atoms with Crippen LogP contribution in [0, 0.1) is 6.92 Å². The van der Waals surface area contributed by atoms with Crippen LogP contribution in [0.4, 0.5) is 5.00 Å². The molecule has 0 bridgehead atoms. The molecule has 0 aliphatic carbocycles. The molecule has 0 spiro atoms. The number of thiazole rings is 1. The Hall–Kier alpha value is -1.33. The zero-order chi connectivity index (χ0) is 10.4. The summed E-state index contributed by atoms with van der Waals surface area (Å²) >= 11 is 3.25. The summed E-state index contributed by atoms with van der Waals surface area (Å²) in [4.78, 5) is 8.89. The molecule has 0 unspecified atom stereocenters. The average molecular weight is 235 g/mol. The summed E-state index contributed by atoms with van der Waals surface area (Å²) in [6.45, 7) is 1.94. The normalized spacial score (nSPS) is 11.3. The van der Waals surface area contributed by atoms with Gasteiger partial charge in [-0.05, 0) is 18.4 Å². The highest BCUT2D eigenvalue weighted by Crippen LogP contribution is 2.35. The zero-order valence-corrected chi connectivity index (χ0v) is 9.71. The van der Waals surface area contributed by atoms with Crippen molar-refractivity contribution in [2.75, 3.05) is 5.73 Å². The highest BCUT2D eigenvalue weighted by atomic mass is 32.1. The molecule has 76 valence electrons. The maximum absolute atomic E-state index is 5.81. The van der Waals surface area contributed by atoms with E-state index in [0.717, 1.165) is 21.3 Å². The Balaban J connectivity index is 2.25. The van der Waals surface area contributed by atoms with Crippen molar-refractivity contribution >= 4 is 37.9 Å². The molecular formula is C10H9N3S2. The summed E-state index contributed by atoms with van der Waals surface area (Å²) in [7, 11) is 0. The van der Waals surface area contributed by atoms with Gasteiger partial charge in [-0.25, -0.2) is 4.98 Å². The van der Waals surface area contributed by atoms with E-state index in [9.17, 15) is 0 Å². The standard InChI is InChI=1S/C10H9N3S2/c1-5-8(11)15-10(13-5)7-4-12-9-6(7)2-3-14-9/h2-4,12H,11H2,1H3. The maximum Gasteiger partial charge on any atom is 0.127 e. The van der Waals surface area contributed by atoms with Crippen molar-refractivity contribution in [2.24, 2.45) is 0 Å². The number of nitrogens with zero attached hydrogens (tertiary/aromatic N) is 1. The lowest BCUT2D eigenvalue weighted by molar-refractivity contribution is 1.27. The van der Waals surface area contributed by atoms with Gasteiger partial charge in [0, 0.05) is 17.1 Å². The molecule has 0 aliphatic rings. The molecule has 3 rings (SSSR count). The van der Waals surface area contributed by atoms with E-state index in [4.69, 9.17) is 5.73 Å². The molecular weight excluding hydrogens is 226 g/mol. The largest absolute Gasteiger partial charge is 0.389 e. The average Bonchev–Trinajstić information content (AvgIpc) is 2.81. The predicted octanol–water partition coefficient (Wildman–Crippen LogP) is 3.24. The van der Waals surface area contributed by atoms with Crippen LogP contribution >= 0.6 is 22.7 Å². The number of nitrogens with two attached hydrogens (primary N) is 1. The summed E-state index contributed by atoms with van der Waals surface area (Å²) in [6, 6.07) is 2.11. The minimum Gasteiger partial charge on any atom is -0.389 e. The van der Waals surface area contributed by atoms with Crippen molar-refractivity contribution in [3.05, 3.63) is 23.3 Å². The molecule has 0 saturated carbocycles. The molecule has 0 aromatic carbocycles. The van der Waals surface area contributed by atoms with Crippen molar-refractivity contribution in [1.82, 2.24) is 9.97 Å². The molecule has 0 atom stereocenters. The van der Waals surface area contributed by atoms with Gasteiger partial charge in [-0.15, -0.1) is 11.3 Å². The number of fused-ring (bicyclic) bond motifs is 1. The molecule has 0 fully saturated rings. The Morgan fingerprint density at radius 2 is 2.33 bits per heavy atom. The fraction of sp³-hybridized carbons (Fsp3) is 0.100. The van der Waals surface area contributed by atoms with Crippen LogP contribution in [0.1, 0.15) is 5.69 Å². The summed E-state index contributed by atoms with van der Waals surface area (Å²) in [5, 5.41) is 5.10. The summed E-state index contributed by atoms with van der Waals surface area (Å²) < 4.78 is 0. The maximum atomic E-state index is 5.81. The molecule has 5 heteroatoms. The Bertz CT molecular complexity index is 598. The van der Waals surface area contributed by atoms with Crippen LogP contribution in [0.15, 0.2) is 17.6 Å². The molecule has 0 saturated heterocycles. The fourth-order valence-corrected chi connectivity index (χ4v) is 3.18.